The van der Waals surface area contributed by atoms with E-state index in [0.29, 0.717) is 11.2 Å². The van der Waals surface area contributed by atoms with Gasteiger partial charge in [0.2, 0.25) is 11.8 Å². The van der Waals surface area contributed by atoms with Gasteiger partial charge in [0.25, 0.3) is 0 Å². The number of ether oxygens (including phenoxy) is 1. The first kappa shape index (κ1) is 15.2. The Kier molecular flexibility index (Phi) is 5.05. The summed E-state index contributed by atoms with van der Waals surface area (Å²) < 4.78 is 6.54. The van der Waals surface area contributed by atoms with Crippen LogP contribution in [0.1, 0.15) is 31.5 Å². The normalized spacial score (nSPS) is 11.4. The molecule has 6 heteroatoms. The highest BCUT2D eigenvalue weighted by Crippen LogP contribution is 2.16. The largest absolute Gasteiger partial charge is 0.408 e. The molecule has 0 atom stereocenters. The number of carbonyl (C=O) groups excluding carboxylic acids is 2. The Morgan fingerprint density at radius 3 is 2.52 bits per heavy atom. The summed E-state index contributed by atoms with van der Waals surface area (Å²) in [5.41, 5.74) is 0.741. The third-order valence-corrected chi connectivity index (χ3v) is 3.52. The number of rotatable bonds is 4. The Balaban J connectivity index is 2.49. The van der Waals surface area contributed by atoms with Crippen LogP contribution in [0.25, 0.3) is 0 Å². The minimum Gasteiger partial charge on any atom is -0.408 e. The number of carbonyl (C=O) groups is 2. The maximum atomic E-state index is 12.1. The molecule has 0 aliphatic carbocycles. The second kappa shape index (κ2) is 6.99. The van der Waals surface area contributed by atoms with Gasteiger partial charge in [-0.1, -0.05) is 32.0 Å². The third kappa shape index (κ3) is 3.66. The summed E-state index contributed by atoms with van der Waals surface area (Å²) in [6.07, 6.45) is 0.552. The highest BCUT2D eigenvalue weighted by Gasteiger charge is 2.15. The topological polar surface area (TPSA) is 60.7 Å². The summed E-state index contributed by atoms with van der Waals surface area (Å²) in [6.45, 7) is 3.46. The zero-order chi connectivity index (χ0) is 15.2. The van der Waals surface area contributed by atoms with E-state index in [1.807, 2.05) is 30.3 Å². The highest BCUT2D eigenvalue weighted by atomic mass is 32.1. The molecule has 110 valence electrons. The van der Waals surface area contributed by atoms with Crippen molar-refractivity contribution in [1.82, 2.24) is 4.57 Å². The summed E-state index contributed by atoms with van der Waals surface area (Å²) in [4.78, 5) is 28.5. The molecule has 1 aromatic carbocycles. The van der Waals surface area contributed by atoms with Gasteiger partial charge in [-0.05, 0) is 12.1 Å². The standard InChI is InChI=1S/C15H16N2O3S/c1-3-12(18)17-13(20-14(19)4-2)10-21-15(17)16-11-8-6-5-7-9-11/h5-10H,3-4H2,1-2H3. The van der Waals surface area contributed by atoms with Gasteiger partial charge in [-0.15, -0.1) is 11.3 Å². The molecule has 0 saturated carbocycles. The number of aromatic nitrogens is 1. The summed E-state index contributed by atoms with van der Waals surface area (Å²) in [5.74, 6) is -0.310. The smallest absolute Gasteiger partial charge is 0.312 e. The van der Waals surface area contributed by atoms with Gasteiger partial charge in [-0.2, -0.15) is 0 Å². The van der Waals surface area contributed by atoms with Crippen LogP contribution >= 0.6 is 11.3 Å². The van der Waals surface area contributed by atoms with Crippen LogP contribution in [-0.2, 0) is 4.79 Å². The van der Waals surface area contributed by atoms with Crippen molar-refractivity contribution in [3.8, 4) is 5.88 Å². The maximum Gasteiger partial charge on any atom is 0.312 e. The van der Waals surface area contributed by atoms with Crippen LogP contribution in [0.4, 0.5) is 5.69 Å². The van der Waals surface area contributed by atoms with Gasteiger partial charge in [0, 0.05) is 12.8 Å². The Morgan fingerprint density at radius 1 is 1.19 bits per heavy atom. The molecule has 0 spiro atoms. The van der Waals surface area contributed by atoms with Crippen molar-refractivity contribution >= 4 is 28.9 Å². The van der Waals surface area contributed by atoms with Crippen LogP contribution in [-0.4, -0.2) is 16.4 Å². The molecule has 5 nitrogen and oxygen atoms in total. The highest BCUT2D eigenvalue weighted by molar-refractivity contribution is 7.07. The van der Waals surface area contributed by atoms with E-state index in [9.17, 15) is 9.59 Å². The molecule has 2 rings (SSSR count). The average Bonchev–Trinajstić information content (AvgIpc) is 2.89. The molecule has 0 saturated heterocycles. The van der Waals surface area contributed by atoms with Gasteiger partial charge >= 0.3 is 5.97 Å². The van der Waals surface area contributed by atoms with E-state index in [4.69, 9.17) is 4.74 Å². The van der Waals surface area contributed by atoms with Crippen LogP contribution in [0.15, 0.2) is 40.7 Å². The van der Waals surface area contributed by atoms with Gasteiger partial charge in [0.05, 0.1) is 11.1 Å². The Bertz CT molecular complexity index is 701. The number of hydrogen-bond donors (Lipinski definition) is 0. The van der Waals surface area contributed by atoms with Crippen molar-refractivity contribution in [1.29, 1.82) is 0 Å². The van der Waals surface area contributed by atoms with E-state index >= 15 is 0 Å². The molecule has 0 aliphatic heterocycles. The van der Waals surface area contributed by atoms with E-state index in [2.05, 4.69) is 4.99 Å². The van der Waals surface area contributed by atoms with E-state index < -0.39 is 0 Å². The summed E-state index contributed by atoms with van der Waals surface area (Å²) >= 11 is 1.27. The van der Waals surface area contributed by atoms with Crippen LogP contribution in [0.2, 0.25) is 0 Å². The number of nitrogens with zero attached hydrogens (tertiary/aromatic N) is 2. The van der Waals surface area contributed by atoms with Crippen LogP contribution in [0.5, 0.6) is 5.88 Å². The monoisotopic (exact) mass is 304 g/mol. The van der Waals surface area contributed by atoms with Crippen LogP contribution in [0, 0.1) is 0 Å². The molecule has 0 amide bonds. The lowest BCUT2D eigenvalue weighted by molar-refractivity contribution is -0.134. The zero-order valence-electron chi connectivity index (χ0n) is 11.9. The summed E-state index contributed by atoms with van der Waals surface area (Å²) in [6, 6.07) is 9.33. The third-order valence-electron chi connectivity index (χ3n) is 2.72. The first-order valence-electron chi connectivity index (χ1n) is 6.70. The fourth-order valence-corrected chi connectivity index (χ4v) is 2.45. The quantitative estimate of drug-likeness (QED) is 0.815. The lowest BCUT2D eigenvalue weighted by Crippen LogP contribution is -2.24. The molecular weight excluding hydrogens is 288 g/mol. The minimum atomic E-state index is -0.378. The molecule has 0 unspecified atom stereocenters. The SMILES string of the molecule is CCC(=O)Oc1csc(=Nc2ccccc2)n1C(=O)CC. The van der Waals surface area contributed by atoms with Crippen molar-refractivity contribution in [2.24, 2.45) is 4.99 Å². The number of thiazole rings is 1. The lowest BCUT2D eigenvalue weighted by atomic mass is 10.3. The molecule has 1 heterocycles. The summed E-state index contributed by atoms with van der Waals surface area (Å²) in [5, 5.41) is 1.63. The van der Waals surface area contributed by atoms with Gasteiger partial charge < -0.3 is 4.74 Å². The van der Waals surface area contributed by atoms with Crippen LogP contribution < -0.4 is 9.54 Å². The van der Waals surface area contributed by atoms with E-state index in [1.54, 1.807) is 19.2 Å². The van der Waals surface area contributed by atoms with Crippen molar-refractivity contribution < 1.29 is 14.3 Å². The van der Waals surface area contributed by atoms with Crippen molar-refractivity contribution in [2.45, 2.75) is 26.7 Å². The lowest BCUT2D eigenvalue weighted by Gasteiger charge is -2.05. The predicted molar refractivity (Wildman–Crippen MR) is 80.8 cm³/mol. The number of benzene rings is 1. The second-order valence-electron chi connectivity index (χ2n) is 4.21. The van der Waals surface area contributed by atoms with Gasteiger partial charge in [-0.3, -0.25) is 9.59 Å². The van der Waals surface area contributed by atoms with E-state index in [-0.39, 0.29) is 24.2 Å². The number of esters is 1. The molecule has 0 aliphatic rings. The second-order valence-corrected chi connectivity index (χ2v) is 5.05. The Morgan fingerprint density at radius 2 is 1.90 bits per heavy atom. The zero-order valence-corrected chi connectivity index (χ0v) is 12.7. The molecule has 1 aromatic heterocycles. The predicted octanol–water partition coefficient (Wildman–Crippen LogP) is 3.15. The first-order chi connectivity index (χ1) is 10.2. The summed E-state index contributed by atoms with van der Waals surface area (Å²) in [7, 11) is 0. The fraction of sp³-hybridized carbons (Fsp3) is 0.267. The molecule has 0 N–H and O–H groups in total. The van der Waals surface area contributed by atoms with Gasteiger partial charge in [0.1, 0.15) is 0 Å². The van der Waals surface area contributed by atoms with Gasteiger partial charge in [-0.25, -0.2) is 9.56 Å². The molecule has 2 aromatic rings. The van der Waals surface area contributed by atoms with Crippen molar-refractivity contribution in [2.75, 3.05) is 0 Å². The first-order valence-corrected chi connectivity index (χ1v) is 7.57. The molecular formula is C15H16N2O3S. The number of para-hydroxylation sites is 1. The fourth-order valence-electron chi connectivity index (χ4n) is 1.64. The maximum absolute atomic E-state index is 12.1. The van der Waals surface area contributed by atoms with Crippen molar-refractivity contribution in [3.05, 3.63) is 40.5 Å². The molecule has 0 radical (unpaired) electrons. The molecule has 0 bridgehead atoms. The van der Waals surface area contributed by atoms with Crippen molar-refractivity contribution in [3.63, 3.8) is 0 Å². The van der Waals surface area contributed by atoms with E-state index in [1.165, 1.54) is 15.9 Å². The molecule has 0 fully saturated rings. The Hall–Kier alpha value is -2.21. The van der Waals surface area contributed by atoms with Crippen LogP contribution in [0.3, 0.4) is 0 Å². The molecule has 21 heavy (non-hydrogen) atoms. The van der Waals surface area contributed by atoms with Gasteiger partial charge in [0.15, 0.2) is 4.80 Å². The minimum absolute atomic E-state index is 0.162. The number of hydrogen-bond acceptors (Lipinski definition) is 5. The average molecular weight is 304 g/mol. The van der Waals surface area contributed by atoms with E-state index in [0.717, 1.165) is 5.69 Å². The Labute approximate surface area is 126 Å².